The van der Waals surface area contributed by atoms with E-state index in [1.165, 1.54) is 12.1 Å². The summed E-state index contributed by atoms with van der Waals surface area (Å²) in [5, 5.41) is 0. The molecule has 0 aliphatic carbocycles. The lowest BCUT2D eigenvalue weighted by Crippen LogP contribution is -2.16. The van der Waals surface area contributed by atoms with Gasteiger partial charge in [0.1, 0.15) is 9.79 Å². The van der Waals surface area contributed by atoms with Gasteiger partial charge in [-0.05, 0) is 75.9 Å². The molecule has 0 heterocycles. The Labute approximate surface area is 190 Å². The molecule has 0 N–H and O–H groups in total. The lowest BCUT2D eigenvalue weighted by molar-refractivity contribution is 0.448. The number of rotatable bonds is 6. The molecular formula is C24H26O6S2. The fraction of sp³-hybridized carbons (Fsp3) is 0.250. The first-order valence-electron chi connectivity index (χ1n) is 9.95. The molecule has 3 aromatic carbocycles. The van der Waals surface area contributed by atoms with Crippen LogP contribution in [-0.4, -0.2) is 16.8 Å². The van der Waals surface area contributed by atoms with E-state index in [2.05, 4.69) is 0 Å². The van der Waals surface area contributed by atoms with Crippen LogP contribution in [0.3, 0.4) is 0 Å². The van der Waals surface area contributed by atoms with Crippen molar-refractivity contribution < 1.29 is 25.2 Å². The van der Waals surface area contributed by atoms with Gasteiger partial charge in [-0.15, -0.1) is 0 Å². The van der Waals surface area contributed by atoms with Gasteiger partial charge < -0.3 is 8.37 Å². The van der Waals surface area contributed by atoms with Crippen molar-refractivity contribution in [3.05, 3.63) is 81.9 Å². The van der Waals surface area contributed by atoms with E-state index in [4.69, 9.17) is 8.37 Å². The topological polar surface area (TPSA) is 86.7 Å². The smallest absolute Gasteiger partial charge is 0.339 e. The molecule has 0 fully saturated rings. The van der Waals surface area contributed by atoms with Crippen LogP contribution in [0.1, 0.15) is 33.4 Å². The van der Waals surface area contributed by atoms with Crippen molar-refractivity contribution in [2.45, 2.75) is 51.3 Å². The molecule has 0 bridgehead atoms. The van der Waals surface area contributed by atoms with Crippen LogP contribution in [0.2, 0.25) is 0 Å². The minimum Gasteiger partial charge on any atom is -0.375 e. The van der Waals surface area contributed by atoms with Crippen LogP contribution in [0.4, 0.5) is 0 Å². The normalized spacial score (nSPS) is 11.9. The van der Waals surface area contributed by atoms with Crippen LogP contribution in [0, 0.1) is 41.5 Å². The van der Waals surface area contributed by atoms with Crippen LogP contribution in [0.15, 0.2) is 58.3 Å². The molecule has 0 unspecified atom stereocenters. The average Bonchev–Trinajstić information content (AvgIpc) is 2.60. The molecular weight excluding hydrogens is 448 g/mol. The van der Waals surface area contributed by atoms with E-state index in [0.717, 1.165) is 11.1 Å². The predicted octanol–water partition coefficient (Wildman–Crippen LogP) is 5.07. The molecule has 6 nitrogen and oxygen atoms in total. The van der Waals surface area contributed by atoms with E-state index in [1.54, 1.807) is 64.1 Å². The van der Waals surface area contributed by atoms with Crippen LogP contribution >= 0.6 is 0 Å². The number of aryl methyl sites for hydroxylation is 6. The SMILES string of the molecule is Cc1cc(C)c(S(=O)(=O)Oc2ccccc2OS(=O)(=O)c2c(C)cc(C)cc2C)c(C)c1. The largest absolute Gasteiger partial charge is 0.375 e. The Hall–Kier alpha value is -2.84. The Morgan fingerprint density at radius 1 is 0.531 bits per heavy atom. The Morgan fingerprint density at radius 2 is 0.812 bits per heavy atom. The molecule has 0 aliphatic heterocycles. The van der Waals surface area contributed by atoms with Crippen molar-refractivity contribution >= 4 is 20.2 Å². The first-order chi connectivity index (χ1) is 14.8. The summed E-state index contributed by atoms with van der Waals surface area (Å²) in [5.41, 5.74) is 4.02. The van der Waals surface area contributed by atoms with Gasteiger partial charge in [0.25, 0.3) is 0 Å². The van der Waals surface area contributed by atoms with Crippen molar-refractivity contribution in [2.24, 2.45) is 0 Å². The zero-order valence-corrected chi connectivity index (χ0v) is 20.5. The molecule has 8 heteroatoms. The summed E-state index contributed by atoms with van der Waals surface area (Å²) in [6.45, 7) is 10.5. The van der Waals surface area contributed by atoms with Crippen molar-refractivity contribution in [2.75, 3.05) is 0 Å². The third-order valence-corrected chi connectivity index (χ3v) is 8.04. The van der Waals surface area contributed by atoms with Gasteiger partial charge in [0.15, 0.2) is 11.5 Å². The van der Waals surface area contributed by atoms with Crippen LogP contribution in [0.25, 0.3) is 0 Å². The lowest BCUT2D eigenvalue weighted by atomic mass is 10.1. The fourth-order valence-corrected chi connectivity index (χ4v) is 6.76. The van der Waals surface area contributed by atoms with E-state index < -0.39 is 20.2 Å². The molecule has 0 aliphatic rings. The summed E-state index contributed by atoms with van der Waals surface area (Å²) in [5.74, 6) is -0.421. The van der Waals surface area contributed by atoms with E-state index in [0.29, 0.717) is 22.3 Å². The summed E-state index contributed by atoms with van der Waals surface area (Å²) in [6.07, 6.45) is 0. The molecule has 0 saturated carbocycles. The monoisotopic (exact) mass is 474 g/mol. The molecule has 0 atom stereocenters. The molecule has 0 amide bonds. The number of hydrogen-bond donors (Lipinski definition) is 0. The van der Waals surface area contributed by atoms with Crippen molar-refractivity contribution in [1.82, 2.24) is 0 Å². The van der Waals surface area contributed by atoms with E-state index in [-0.39, 0.29) is 21.3 Å². The Kier molecular flexibility index (Phi) is 6.40. The van der Waals surface area contributed by atoms with Gasteiger partial charge in [-0.1, -0.05) is 47.5 Å². The first-order valence-corrected chi connectivity index (χ1v) is 12.8. The van der Waals surface area contributed by atoms with Crippen molar-refractivity contribution in [1.29, 1.82) is 0 Å². The molecule has 3 rings (SSSR count). The van der Waals surface area contributed by atoms with Gasteiger partial charge in [0.2, 0.25) is 0 Å². The van der Waals surface area contributed by atoms with Gasteiger partial charge in [-0.3, -0.25) is 0 Å². The van der Waals surface area contributed by atoms with Gasteiger partial charge in [-0.2, -0.15) is 16.8 Å². The fourth-order valence-electron chi connectivity index (χ4n) is 4.03. The molecule has 0 aromatic heterocycles. The highest BCUT2D eigenvalue weighted by atomic mass is 32.2. The number of para-hydroxylation sites is 2. The Balaban J connectivity index is 2.02. The van der Waals surface area contributed by atoms with E-state index in [9.17, 15) is 16.8 Å². The maximum Gasteiger partial charge on any atom is 0.339 e. The van der Waals surface area contributed by atoms with E-state index in [1.807, 2.05) is 13.8 Å². The predicted molar refractivity (Wildman–Crippen MR) is 123 cm³/mol. The van der Waals surface area contributed by atoms with Crippen molar-refractivity contribution in [3.8, 4) is 11.5 Å². The van der Waals surface area contributed by atoms with Crippen LogP contribution in [0.5, 0.6) is 11.5 Å². The third-order valence-electron chi connectivity index (χ3n) is 4.96. The Morgan fingerprint density at radius 3 is 1.09 bits per heavy atom. The second-order valence-corrected chi connectivity index (χ2v) is 10.9. The zero-order valence-electron chi connectivity index (χ0n) is 18.9. The average molecular weight is 475 g/mol. The van der Waals surface area contributed by atoms with E-state index >= 15 is 0 Å². The standard InChI is InChI=1S/C24H26O6S2/c1-15-11-17(3)23(18(4)12-15)31(25,26)29-21-9-7-8-10-22(21)30-32(27,28)24-19(5)13-16(2)14-20(24)6/h7-14H,1-6H3. The zero-order chi connectivity index (χ0) is 23.8. The summed E-state index contributed by atoms with van der Waals surface area (Å²) < 4.78 is 63.0. The Bertz CT molecular complexity index is 1250. The van der Waals surface area contributed by atoms with Crippen LogP contribution < -0.4 is 8.37 Å². The van der Waals surface area contributed by atoms with Gasteiger partial charge in [0.05, 0.1) is 0 Å². The second-order valence-electron chi connectivity index (χ2n) is 7.98. The summed E-state index contributed by atoms with van der Waals surface area (Å²) in [4.78, 5) is 0.0944. The van der Waals surface area contributed by atoms with Crippen LogP contribution in [-0.2, 0) is 20.2 Å². The first kappa shape index (κ1) is 23.8. The minimum absolute atomic E-state index is 0.0472. The molecule has 0 radical (unpaired) electrons. The van der Waals surface area contributed by atoms with Gasteiger partial charge in [0, 0.05) is 0 Å². The molecule has 0 spiro atoms. The summed E-state index contributed by atoms with van der Waals surface area (Å²) in [6, 6.07) is 12.8. The quantitative estimate of drug-likeness (QED) is 0.464. The summed E-state index contributed by atoms with van der Waals surface area (Å²) in [7, 11) is -8.46. The highest BCUT2D eigenvalue weighted by molar-refractivity contribution is 7.87. The molecule has 3 aromatic rings. The number of benzene rings is 3. The highest BCUT2D eigenvalue weighted by Crippen LogP contribution is 2.34. The van der Waals surface area contributed by atoms with Crippen molar-refractivity contribution in [3.63, 3.8) is 0 Å². The highest BCUT2D eigenvalue weighted by Gasteiger charge is 2.27. The second kappa shape index (κ2) is 8.60. The maximum absolute atomic E-state index is 13.1. The minimum atomic E-state index is -4.23. The summed E-state index contributed by atoms with van der Waals surface area (Å²) >= 11 is 0. The molecule has 170 valence electrons. The number of hydrogen-bond acceptors (Lipinski definition) is 6. The lowest BCUT2D eigenvalue weighted by Gasteiger charge is -2.16. The molecule has 0 saturated heterocycles. The van der Waals surface area contributed by atoms with Gasteiger partial charge >= 0.3 is 20.2 Å². The third kappa shape index (κ3) is 4.81. The molecule has 32 heavy (non-hydrogen) atoms. The maximum atomic E-state index is 13.1. The van der Waals surface area contributed by atoms with Gasteiger partial charge in [-0.25, -0.2) is 0 Å².